The van der Waals surface area contributed by atoms with Crippen LogP contribution in [0.2, 0.25) is 0 Å². The summed E-state index contributed by atoms with van der Waals surface area (Å²) >= 11 is 1.60. The molecule has 2 fully saturated rings. The highest BCUT2D eigenvalue weighted by Crippen LogP contribution is 2.31. The van der Waals surface area contributed by atoms with E-state index in [0.29, 0.717) is 63.4 Å². The Balaban J connectivity index is 1.39. The third-order valence-electron chi connectivity index (χ3n) is 6.43. The lowest BCUT2D eigenvalue weighted by atomic mass is 9.94. The zero-order chi connectivity index (χ0) is 22.2. The molecule has 2 saturated heterocycles. The fourth-order valence-electron chi connectivity index (χ4n) is 4.71. The minimum atomic E-state index is -0.0172. The molecule has 168 valence electrons. The van der Waals surface area contributed by atoms with Crippen LogP contribution in [0.25, 0.3) is 21.6 Å². The number of morpholine rings is 1. The van der Waals surface area contributed by atoms with Gasteiger partial charge in [-0.1, -0.05) is 6.07 Å². The Morgan fingerprint density at radius 3 is 2.56 bits per heavy atom. The van der Waals surface area contributed by atoms with E-state index in [-0.39, 0.29) is 17.7 Å². The van der Waals surface area contributed by atoms with Crippen LogP contribution in [-0.4, -0.2) is 75.8 Å². The van der Waals surface area contributed by atoms with Crippen LogP contribution >= 0.6 is 11.3 Å². The molecular formula is C23H27N5O3S. The maximum Gasteiger partial charge on any atom is 0.254 e. The second-order valence-corrected chi connectivity index (χ2v) is 9.39. The maximum absolute atomic E-state index is 13.6. The van der Waals surface area contributed by atoms with Crippen LogP contribution in [-0.2, 0) is 16.6 Å². The fourth-order valence-corrected chi connectivity index (χ4v) is 5.39. The van der Waals surface area contributed by atoms with E-state index in [0.717, 1.165) is 21.7 Å². The van der Waals surface area contributed by atoms with E-state index in [1.54, 1.807) is 16.0 Å². The number of nitrogens with zero attached hydrogens (tertiary/aromatic N) is 5. The molecule has 0 N–H and O–H groups in total. The normalized spacial score (nSPS) is 17.8. The molecule has 5 rings (SSSR count). The number of amides is 2. The summed E-state index contributed by atoms with van der Waals surface area (Å²) in [6, 6.07) is 5.90. The maximum atomic E-state index is 13.6. The number of piperidine rings is 1. The molecule has 0 bridgehead atoms. The topological polar surface area (TPSA) is 80.6 Å². The summed E-state index contributed by atoms with van der Waals surface area (Å²) in [5.74, 6) is 0.176. The lowest BCUT2D eigenvalue weighted by molar-refractivity contribution is -0.141. The Labute approximate surface area is 190 Å². The summed E-state index contributed by atoms with van der Waals surface area (Å²) in [7, 11) is 1.86. The summed E-state index contributed by atoms with van der Waals surface area (Å²) in [6.45, 7) is 5.63. The molecule has 0 aromatic carbocycles. The second kappa shape index (κ2) is 8.63. The SMILES string of the molecule is Cc1nn(C)c2nc(-c3cccs3)cc(C(=O)N3CCC(C(=O)N4CCOCC4)CC3)c12. The first kappa shape index (κ1) is 21.1. The zero-order valence-corrected chi connectivity index (χ0v) is 19.2. The number of pyridine rings is 1. The first-order chi connectivity index (χ1) is 15.5. The van der Waals surface area contributed by atoms with Crippen LogP contribution in [0.15, 0.2) is 23.6 Å². The number of thiophene rings is 1. The Bertz CT molecular complexity index is 1140. The van der Waals surface area contributed by atoms with Crippen molar-refractivity contribution in [2.45, 2.75) is 19.8 Å². The van der Waals surface area contributed by atoms with Crippen LogP contribution in [0.5, 0.6) is 0 Å². The fraction of sp³-hybridized carbons (Fsp3) is 0.478. The molecule has 0 unspecified atom stereocenters. The van der Waals surface area contributed by atoms with Crippen molar-refractivity contribution >= 4 is 34.2 Å². The molecule has 32 heavy (non-hydrogen) atoms. The van der Waals surface area contributed by atoms with Crippen LogP contribution in [0.4, 0.5) is 0 Å². The zero-order valence-electron chi connectivity index (χ0n) is 18.4. The van der Waals surface area contributed by atoms with Crippen LogP contribution in [0.1, 0.15) is 28.9 Å². The van der Waals surface area contributed by atoms with E-state index in [9.17, 15) is 9.59 Å². The van der Waals surface area contributed by atoms with Crippen molar-refractivity contribution in [3.05, 3.63) is 34.8 Å². The van der Waals surface area contributed by atoms with Gasteiger partial charge in [0.15, 0.2) is 5.65 Å². The third kappa shape index (κ3) is 3.80. The summed E-state index contributed by atoms with van der Waals surface area (Å²) in [5, 5.41) is 7.33. The van der Waals surface area contributed by atoms with Crippen LogP contribution < -0.4 is 0 Å². The van der Waals surface area contributed by atoms with Crippen LogP contribution in [0.3, 0.4) is 0 Å². The van der Waals surface area contributed by atoms with Gasteiger partial charge in [0.25, 0.3) is 5.91 Å². The van der Waals surface area contributed by atoms with E-state index in [2.05, 4.69) is 5.10 Å². The van der Waals surface area contributed by atoms with Gasteiger partial charge in [0.1, 0.15) is 0 Å². The molecule has 0 aliphatic carbocycles. The van der Waals surface area contributed by atoms with Gasteiger partial charge in [-0.3, -0.25) is 14.3 Å². The Kier molecular flexibility index (Phi) is 5.69. The van der Waals surface area contributed by atoms with Crippen molar-refractivity contribution in [2.75, 3.05) is 39.4 Å². The van der Waals surface area contributed by atoms with Gasteiger partial charge in [0.2, 0.25) is 5.91 Å². The predicted octanol–water partition coefficient (Wildman–Crippen LogP) is 2.72. The highest BCUT2D eigenvalue weighted by atomic mass is 32.1. The quantitative estimate of drug-likeness (QED) is 0.609. The molecule has 2 aliphatic rings. The van der Waals surface area contributed by atoms with E-state index < -0.39 is 0 Å². The summed E-state index contributed by atoms with van der Waals surface area (Å²) in [5.41, 5.74) is 2.95. The average molecular weight is 454 g/mol. The molecule has 3 aromatic heterocycles. The average Bonchev–Trinajstić information content (AvgIpc) is 3.47. The van der Waals surface area contributed by atoms with Gasteiger partial charge in [-0.05, 0) is 37.3 Å². The van der Waals surface area contributed by atoms with Crippen molar-refractivity contribution < 1.29 is 14.3 Å². The molecule has 0 saturated carbocycles. The Morgan fingerprint density at radius 2 is 1.88 bits per heavy atom. The molecule has 2 amide bonds. The van der Waals surface area contributed by atoms with Gasteiger partial charge >= 0.3 is 0 Å². The molecule has 8 nitrogen and oxygen atoms in total. The van der Waals surface area contributed by atoms with Gasteiger partial charge in [-0.15, -0.1) is 11.3 Å². The first-order valence-electron chi connectivity index (χ1n) is 11.1. The number of ether oxygens (including phenoxy) is 1. The van der Waals surface area contributed by atoms with Gasteiger partial charge in [0.05, 0.1) is 40.4 Å². The molecule has 9 heteroatoms. The van der Waals surface area contributed by atoms with Crippen LogP contribution in [0, 0.1) is 12.8 Å². The monoisotopic (exact) mass is 453 g/mol. The summed E-state index contributed by atoms with van der Waals surface area (Å²) < 4.78 is 7.10. The van der Waals surface area contributed by atoms with E-state index in [4.69, 9.17) is 9.72 Å². The number of hydrogen-bond donors (Lipinski definition) is 0. The smallest absolute Gasteiger partial charge is 0.254 e. The summed E-state index contributed by atoms with van der Waals surface area (Å²) in [6.07, 6.45) is 1.39. The molecule has 0 atom stereocenters. The number of hydrogen-bond acceptors (Lipinski definition) is 6. The van der Waals surface area contributed by atoms with Gasteiger partial charge in [0, 0.05) is 39.1 Å². The Morgan fingerprint density at radius 1 is 1.12 bits per heavy atom. The van der Waals surface area contributed by atoms with E-state index >= 15 is 0 Å². The van der Waals surface area contributed by atoms with Crippen molar-refractivity contribution in [3.8, 4) is 10.6 Å². The number of fused-ring (bicyclic) bond motifs is 1. The predicted molar refractivity (Wildman–Crippen MR) is 123 cm³/mol. The van der Waals surface area contributed by atoms with Crippen molar-refractivity contribution in [2.24, 2.45) is 13.0 Å². The molecule has 0 spiro atoms. The third-order valence-corrected chi connectivity index (χ3v) is 7.32. The van der Waals surface area contributed by atoms with Crippen molar-refractivity contribution in [1.82, 2.24) is 24.6 Å². The van der Waals surface area contributed by atoms with E-state index in [1.807, 2.05) is 47.4 Å². The minimum Gasteiger partial charge on any atom is -0.378 e. The number of carbonyl (C=O) groups excluding carboxylic acids is 2. The second-order valence-electron chi connectivity index (χ2n) is 8.44. The van der Waals surface area contributed by atoms with Crippen molar-refractivity contribution in [1.29, 1.82) is 0 Å². The Hall–Kier alpha value is -2.78. The first-order valence-corrected chi connectivity index (χ1v) is 11.9. The number of carbonyl (C=O) groups is 2. The van der Waals surface area contributed by atoms with Gasteiger partial charge in [-0.25, -0.2) is 4.98 Å². The number of rotatable bonds is 3. The molecule has 5 heterocycles. The number of likely N-dealkylation sites (tertiary alicyclic amines) is 1. The minimum absolute atomic E-state index is 0.0106. The lowest BCUT2D eigenvalue weighted by Crippen LogP contribution is -2.47. The summed E-state index contributed by atoms with van der Waals surface area (Å²) in [4.78, 5) is 36.1. The largest absolute Gasteiger partial charge is 0.378 e. The molecule has 3 aromatic rings. The molecule has 2 aliphatic heterocycles. The number of aromatic nitrogens is 3. The van der Waals surface area contributed by atoms with Gasteiger partial charge in [-0.2, -0.15) is 5.10 Å². The lowest BCUT2D eigenvalue weighted by Gasteiger charge is -2.35. The standard InChI is InChI=1S/C23H27N5O3S/c1-15-20-17(14-18(19-4-3-13-32-19)24-21(20)26(2)25-15)23(30)27-7-5-16(6-8-27)22(29)28-9-11-31-12-10-28/h3-4,13-14,16H,5-12H2,1-2H3. The number of aryl methyl sites for hydroxylation is 2. The molecule has 0 radical (unpaired) electrons. The highest BCUT2D eigenvalue weighted by molar-refractivity contribution is 7.13. The van der Waals surface area contributed by atoms with Gasteiger partial charge < -0.3 is 14.5 Å². The van der Waals surface area contributed by atoms with E-state index in [1.165, 1.54) is 0 Å². The molecular weight excluding hydrogens is 426 g/mol. The van der Waals surface area contributed by atoms with Crippen molar-refractivity contribution in [3.63, 3.8) is 0 Å². The highest BCUT2D eigenvalue weighted by Gasteiger charge is 2.32.